The molecule has 152 valence electrons. The first-order chi connectivity index (χ1) is 13.9. The van der Waals surface area contributed by atoms with E-state index in [1.54, 1.807) is 17.8 Å². The fourth-order valence-corrected chi connectivity index (χ4v) is 3.95. The molecule has 1 atom stereocenters. The second-order valence-corrected chi connectivity index (χ2v) is 7.26. The molecule has 1 N–H and O–H groups in total. The summed E-state index contributed by atoms with van der Waals surface area (Å²) in [5, 5.41) is 10.5. The second-order valence-electron chi connectivity index (χ2n) is 6.88. The van der Waals surface area contributed by atoms with Gasteiger partial charge in [-0.2, -0.15) is 10.2 Å². The van der Waals surface area contributed by atoms with Gasteiger partial charge in [-0.3, -0.25) is 9.48 Å². The lowest BCUT2D eigenvalue weighted by atomic mass is 10.0. The van der Waals surface area contributed by atoms with Gasteiger partial charge in [0.05, 0.1) is 24.1 Å². The number of H-pyrrole nitrogens is 1. The maximum Gasteiger partial charge on any atom is 0.285 e. The minimum atomic E-state index is -2.78. The van der Waals surface area contributed by atoms with Crippen LogP contribution in [-0.4, -0.2) is 26.5 Å². The van der Waals surface area contributed by atoms with E-state index >= 15 is 0 Å². The fraction of sp³-hybridized carbons (Fsp3) is 0.316. The topological polar surface area (TPSA) is 66.8 Å². The number of alkyl halides is 2. The van der Waals surface area contributed by atoms with Crippen LogP contribution in [-0.2, 0) is 13.0 Å². The van der Waals surface area contributed by atoms with Gasteiger partial charge in [0.15, 0.2) is 0 Å². The predicted octanol–water partition coefficient (Wildman–Crippen LogP) is 3.87. The van der Waals surface area contributed by atoms with E-state index in [4.69, 9.17) is 11.6 Å². The van der Waals surface area contributed by atoms with Crippen molar-refractivity contribution in [2.45, 2.75) is 32.4 Å². The number of hydrogen-bond donors (Lipinski definition) is 1. The quantitative estimate of drug-likeness (QED) is 0.691. The summed E-state index contributed by atoms with van der Waals surface area (Å²) in [6, 6.07) is 2.94. The Morgan fingerprint density at radius 3 is 2.79 bits per heavy atom. The van der Waals surface area contributed by atoms with Gasteiger partial charge in [-0.15, -0.1) is 0 Å². The molecule has 0 bridgehead atoms. The third-order valence-corrected chi connectivity index (χ3v) is 5.55. The molecular weight excluding hydrogens is 407 g/mol. The van der Waals surface area contributed by atoms with Gasteiger partial charge in [0.25, 0.3) is 12.0 Å². The van der Waals surface area contributed by atoms with Crippen molar-refractivity contribution in [3.8, 4) is 0 Å². The number of aromatic nitrogens is 4. The Kier molecular flexibility index (Phi) is 5.08. The molecule has 1 aromatic carbocycles. The second kappa shape index (κ2) is 7.55. The third-order valence-electron chi connectivity index (χ3n) is 5.18. The highest BCUT2D eigenvalue weighted by molar-refractivity contribution is 6.32. The van der Waals surface area contributed by atoms with Gasteiger partial charge in [-0.1, -0.05) is 17.7 Å². The van der Waals surface area contributed by atoms with Crippen LogP contribution in [0.25, 0.3) is 0 Å². The Morgan fingerprint density at radius 1 is 1.24 bits per heavy atom. The number of hydrogen-bond acceptors (Lipinski definition) is 4. The van der Waals surface area contributed by atoms with Gasteiger partial charge < -0.3 is 4.90 Å². The van der Waals surface area contributed by atoms with Crippen LogP contribution in [0.1, 0.15) is 41.8 Å². The maximum atomic E-state index is 13.5. The smallest absolute Gasteiger partial charge is 0.285 e. The monoisotopic (exact) mass is 423 g/mol. The first kappa shape index (κ1) is 19.5. The Labute approximate surface area is 168 Å². The number of aromatic amines is 1. The number of anilines is 1. The molecule has 0 spiro atoms. The van der Waals surface area contributed by atoms with Crippen LogP contribution in [0.3, 0.4) is 0 Å². The summed E-state index contributed by atoms with van der Waals surface area (Å²) < 4.78 is 42.0. The van der Waals surface area contributed by atoms with Crippen LogP contribution in [0, 0.1) is 5.82 Å². The van der Waals surface area contributed by atoms with Crippen molar-refractivity contribution in [3.63, 3.8) is 0 Å². The fourth-order valence-electron chi connectivity index (χ4n) is 3.74. The zero-order valence-corrected chi connectivity index (χ0v) is 16.1. The summed E-state index contributed by atoms with van der Waals surface area (Å²) >= 11 is 6.10. The van der Waals surface area contributed by atoms with Gasteiger partial charge in [0.1, 0.15) is 10.8 Å². The summed E-state index contributed by atoms with van der Waals surface area (Å²) in [7, 11) is 0. The summed E-state index contributed by atoms with van der Waals surface area (Å²) in [5.74, 6) is -0.697. The summed E-state index contributed by atoms with van der Waals surface area (Å²) in [5.41, 5.74) is 1.87. The van der Waals surface area contributed by atoms with Crippen molar-refractivity contribution in [1.29, 1.82) is 0 Å². The van der Waals surface area contributed by atoms with Gasteiger partial charge in [-0.25, -0.2) is 18.3 Å². The summed E-state index contributed by atoms with van der Waals surface area (Å²) in [6.07, 6.45) is 0.970. The van der Waals surface area contributed by atoms with E-state index in [9.17, 15) is 18.0 Å². The molecule has 1 unspecified atom stereocenters. The average Bonchev–Trinajstić information content (AvgIpc) is 3.12. The van der Waals surface area contributed by atoms with Crippen molar-refractivity contribution < 1.29 is 13.2 Å². The molecule has 3 aromatic rings. The van der Waals surface area contributed by atoms with E-state index < -0.39 is 23.8 Å². The highest BCUT2D eigenvalue weighted by Crippen LogP contribution is 2.33. The van der Waals surface area contributed by atoms with E-state index in [1.807, 2.05) is 4.90 Å². The normalized spacial score (nSPS) is 14.9. The number of rotatable bonds is 4. The van der Waals surface area contributed by atoms with Gasteiger partial charge in [0, 0.05) is 36.3 Å². The number of benzene rings is 1. The molecule has 3 heterocycles. The van der Waals surface area contributed by atoms with E-state index in [-0.39, 0.29) is 10.6 Å². The minimum Gasteiger partial charge on any atom is -0.364 e. The Hall–Kier alpha value is -2.81. The molecule has 4 rings (SSSR count). The largest absolute Gasteiger partial charge is 0.364 e. The molecule has 0 saturated heterocycles. The number of nitrogens with one attached hydrogen (secondary N) is 1. The zero-order valence-electron chi connectivity index (χ0n) is 15.4. The molecule has 2 aromatic heterocycles. The van der Waals surface area contributed by atoms with Crippen molar-refractivity contribution in [2.75, 3.05) is 11.4 Å². The molecule has 0 aliphatic carbocycles. The molecule has 0 amide bonds. The first-order valence-corrected chi connectivity index (χ1v) is 9.35. The first-order valence-electron chi connectivity index (χ1n) is 8.97. The van der Waals surface area contributed by atoms with Gasteiger partial charge in [0.2, 0.25) is 0 Å². The van der Waals surface area contributed by atoms with Crippen LogP contribution < -0.4 is 10.5 Å². The van der Waals surface area contributed by atoms with Crippen LogP contribution >= 0.6 is 11.6 Å². The summed E-state index contributed by atoms with van der Waals surface area (Å²) in [4.78, 5) is 13.6. The Balaban J connectivity index is 1.65. The number of halogens is 4. The van der Waals surface area contributed by atoms with E-state index in [2.05, 4.69) is 15.3 Å². The SMILES string of the molecule is CC(c1ccc(F)cc1C(F)F)n1ncc2c1CCN(c1cn[nH]c(=O)c1Cl)C2. The molecule has 0 saturated carbocycles. The lowest BCUT2D eigenvalue weighted by Gasteiger charge is -2.30. The highest BCUT2D eigenvalue weighted by atomic mass is 35.5. The summed E-state index contributed by atoms with van der Waals surface area (Å²) in [6.45, 7) is 2.77. The molecular formula is C19H17ClF3N5O. The van der Waals surface area contributed by atoms with Crippen molar-refractivity contribution >= 4 is 17.3 Å². The third kappa shape index (κ3) is 3.50. The van der Waals surface area contributed by atoms with Crippen LogP contribution in [0.2, 0.25) is 5.02 Å². The number of nitrogens with zero attached hydrogens (tertiary/aromatic N) is 4. The molecule has 29 heavy (non-hydrogen) atoms. The minimum absolute atomic E-state index is 0.0668. The lowest BCUT2D eigenvalue weighted by Crippen LogP contribution is -2.32. The number of fused-ring (bicyclic) bond motifs is 1. The van der Waals surface area contributed by atoms with E-state index in [0.29, 0.717) is 30.8 Å². The molecule has 1 aliphatic rings. The van der Waals surface area contributed by atoms with Gasteiger partial charge >= 0.3 is 0 Å². The molecule has 0 radical (unpaired) electrons. The van der Waals surface area contributed by atoms with Crippen molar-refractivity contribution in [2.24, 2.45) is 0 Å². The molecule has 10 heteroatoms. The van der Waals surface area contributed by atoms with E-state index in [1.165, 1.54) is 18.3 Å². The Bertz CT molecular complexity index is 1110. The van der Waals surface area contributed by atoms with E-state index in [0.717, 1.165) is 17.3 Å². The molecule has 1 aliphatic heterocycles. The molecule has 6 nitrogen and oxygen atoms in total. The lowest BCUT2D eigenvalue weighted by molar-refractivity contribution is 0.149. The van der Waals surface area contributed by atoms with Crippen molar-refractivity contribution in [3.05, 3.63) is 74.2 Å². The van der Waals surface area contributed by atoms with Crippen LogP contribution in [0.4, 0.5) is 18.9 Å². The van der Waals surface area contributed by atoms with Crippen LogP contribution in [0.15, 0.2) is 35.4 Å². The maximum absolute atomic E-state index is 13.5. The highest BCUT2D eigenvalue weighted by Gasteiger charge is 2.27. The Morgan fingerprint density at radius 2 is 2.03 bits per heavy atom. The molecule has 0 fully saturated rings. The average molecular weight is 424 g/mol. The standard InChI is InChI=1S/C19H17ClF3N5O/c1-10(13-3-2-12(21)6-14(13)18(22)23)28-15-4-5-27(9-11(15)7-25-28)16-8-24-26-19(29)17(16)20/h2-3,6-8,10,18H,4-5,9H2,1H3,(H,26,29). The van der Waals surface area contributed by atoms with Gasteiger partial charge in [-0.05, 0) is 24.6 Å². The van der Waals surface area contributed by atoms with Crippen molar-refractivity contribution in [1.82, 2.24) is 20.0 Å². The zero-order chi connectivity index (χ0) is 20.7. The van der Waals surface area contributed by atoms with Crippen LogP contribution in [0.5, 0.6) is 0 Å². The predicted molar refractivity (Wildman–Crippen MR) is 102 cm³/mol.